The molecule has 0 bridgehead atoms. The third-order valence-electron chi connectivity index (χ3n) is 11.3. The molecule has 61 heavy (non-hydrogen) atoms. The Kier molecular flexibility index (Phi) is 11.7. The minimum Gasteiger partial charge on any atom is -0.489 e. The van der Waals surface area contributed by atoms with Crippen LogP contribution in [0.4, 0.5) is 0 Å². The van der Waals surface area contributed by atoms with E-state index in [9.17, 15) is 19.5 Å². The summed E-state index contributed by atoms with van der Waals surface area (Å²) in [6.07, 6.45) is 1.47. The van der Waals surface area contributed by atoms with E-state index in [0.29, 0.717) is 45.4 Å². The lowest BCUT2D eigenvalue weighted by atomic mass is 9.91. The second-order valence-electron chi connectivity index (χ2n) is 15.3. The lowest BCUT2D eigenvalue weighted by Crippen LogP contribution is -2.56. The van der Waals surface area contributed by atoms with Crippen molar-refractivity contribution >= 4 is 41.0 Å². The highest BCUT2D eigenvalue weighted by molar-refractivity contribution is 6.42. The quantitative estimate of drug-likeness (QED) is 0.129. The van der Waals surface area contributed by atoms with Gasteiger partial charge in [-0.25, -0.2) is 4.79 Å². The first-order valence-electron chi connectivity index (χ1n) is 19.7. The number of amides is 2. The minimum atomic E-state index is -1.26. The maximum atomic E-state index is 14.3. The molecule has 0 saturated carbocycles. The maximum Gasteiger partial charge on any atom is 0.326 e. The van der Waals surface area contributed by atoms with E-state index in [1.54, 1.807) is 32.2 Å². The summed E-state index contributed by atoms with van der Waals surface area (Å²) >= 11 is 12.2. The summed E-state index contributed by atoms with van der Waals surface area (Å²) in [7, 11) is 0. The first-order valence-corrected chi connectivity index (χ1v) is 20.5. The van der Waals surface area contributed by atoms with Crippen LogP contribution in [0.25, 0.3) is 11.1 Å². The fraction of sp³-hybridized carbons (Fsp3) is 0.255. The van der Waals surface area contributed by atoms with Gasteiger partial charge in [-0.05, 0) is 115 Å². The number of benzene rings is 4. The van der Waals surface area contributed by atoms with Crippen molar-refractivity contribution in [3.63, 3.8) is 0 Å². The smallest absolute Gasteiger partial charge is 0.326 e. The molecule has 8 rings (SSSR count). The molecule has 14 heteroatoms. The highest BCUT2D eigenvalue weighted by atomic mass is 35.5. The van der Waals surface area contributed by atoms with Gasteiger partial charge in [0.1, 0.15) is 42.4 Å². The Labute approximate surface area is 362 Å². The highest BCUT2D eigenvalue weighted by Crippen LogP contribution is 2.41. The van der Waals surface area contributed by atoms with Crippen LogP contribution in [-0.4, -0.2) is 56.6 Å². The van der Waals surface area contributed by atoms with Crippen molar-refractivity contribution in [2.45, 2.75) is 71.9 Å². The zero-order chi connectivity index (χ0) is 42.9. The lowest BCUT2D eigenvalue weighted by molar-refractivity contribution is -0.142. The molecule has 0 fully saturated rings. The first-order chi connectivity index (χ1) is 29.3. The molecule has 0 saturated heterocycles. The Bertz CT molecular complexity index is 2630. The number of ether oxygens (including phenoxy) is 3. The third-order valence-corrected chi connectivity index (χ3v) is 12.0. The Morgan fingerprint density at radius 1 is 0.885 bits per heavy atom. The summed E-state index contributed by atoms with van der Waals surface area (Å²) in [6.45, 7) is 7.85. The van der Waals surface area contributed by atoms with Gasteiger partial charge < -0.3 is 34.1 Å². The Morgan fingerprint density at radius 3 is 2.33 bits per heavy atom. The lowest BCUT2D eigenvalue weighted by Gasteiger charge is -2.37. The van der Waals surface area contributed by atoms with Gasteiger partial charge in [0.25, 0.3) is 5.91 Å². The van der Waals surface area contributed by atoms with Crippen LogP contribution < -0.4 is 19.5 Å². The Morgan fingerprint density at radius 2 is 1.62 bits per heavy atom. The molecule has 3 unspecified atom stereocenters. The van der Waals surface area contributed by atoms with Crippen molar-refractivity contribution in [1.82, 2.24) is 20.4 Å². The number of pyridine rings is 1. The largest absolute Gasteiger partial charge is 0.489 e. The number of carboxylic acid groups (broad SMARTS) is 1. The number of nitrogens with zero attached hydrogens (tertiary/aromatic N) is 3. The van der Waals surface area contributed by atoms with Crippen LogP contribution in [0, 0.1) is 27.7 Å². The summed E-state index contributed by atoms with van der Waals surface area (Å²) in [6, 6.07) is 23.8. The molecule has 4 aromatic carbocycles. The molecule has 312 valence electrons. The van der Waals surface area contributed by atoms with Crippen LogP contribution in [0.2, 0.25) is 10.0 Å². The monoisotopic (exact) mass is 860 g/mol. The fourth-order valence-corrected chi connectivity index (χ4v) is 8.07. The van der Waals surface area contributed by atoms with Gasteiger partial charge in [-0.2, -0.15) is 0 Å². The Balaban J connectivity index is 0.995. The van der Waals surface area contributed by atoms with Crippen molar-refractivity contribution < 1.29 is 38.2 Å². The van der Waals surface area contributed by atoms with Crippen molar-refractivity contribution in [1.29, 1.82) is 0 Å². The number of aryl methyl sites for hydroxylation is 3. The second-order valence-corrected chi connectivity index (χ2v) is 16.1. The summed E-state index contributed by atoms with van der Waals surface area (Å²) in [5.41, 5.74) is 8.65. The van der Waals surface area contributed by atoms with Crippen molar-refractivity contribution in [2.75, 3.05) is 6.61 Å². The van der Waals surface area contributed by atoms with E-state index in [2.05, 4.69) is 15.5 Å². The van der Waals surface area contributed by atoms with Crippen molar-refractivity contribution in [3.05, 3.63) is 157 Å². The number of carbonyl (C=O) groups is 3. The predicted octanol–water partition coefficient (Wildman–Crippen LogP) is 8.75. The van der Waals surface area contributed by atoms with E-state index in [-0.39, 0.29) is 31.6 Å². The number of hydrogen-bond acceptors (Lipinski definition) is 9. The molecule has 2 aliphatic rings. The van der Waals surface area contributed by atoms with E-state index in [4.69, 9.17) is 41.9 Å². The molecule has 2 N–H and O–H groups in total. The van der Waals surface area contributed by atoms with Gasteiger partial charge in [0.15, 0.2) is 17.6 Å². The molecule has 6 aromatic rings. The predicted molar refractivity (Wildman–Crippen MR) is 228 cm³/mol. The van der Waals surface area contributed by atoms with Gasteiger partial charge in [0, 0.05) is 31.3 Å². The molecule has 0 aliphatic carbocycles. The van der Waals surface area contributed by atoms with Gasteiger partial charge in [-0.1, -0.05) is 70.8 Å². The van der Waals surface area contributed by atoms with Crippen LogP contribution in [-0.2, 0) is 35.6 Å². The number of aliphatic carboxylic acids is 1. The maximum absolute atomic E-state index is 14.3. The summed E-state index contributed by atoms with van der Waals surface area (Å²) in [5.74, 6) is -0.279. The van der Waals surface area contributed by atoms with E-state index >= 15 is 0 Å². The summed E-state index contributed by atoms with van der Waals surface area (Å²) in [4.78, 5) is 46.9. The SMILES string of the molecule is Cc1nccc(-c2ccc(CC(NC(=O)C3Cc4cc5c(cc4CN3C(=O)c3c(C)noc3C)OC(c3ccc(OCc4ccc(Cl)c(Cl)c4)cc3)CO5)C(=O)O)cc2)c1C. The van der Waals surface area contributed by atoms with E-state index in [0.717, 1.165) is 50.2 Å². The molecule has 2 aliphatic heterocycles. The van der Waals surface area contributed by atoms with Crippen LogP contribution in [0.5, 0.6) is 17.2 Å². The number of halogens is 2. The van der Waals surface area contributed by atoms with E-state index in [1.165, 1.54) is 4.90 Å². The number of rotatable bonds is 11. The second kappa shape index (κ2) is 17.3. The minimum absolute atomic E-state index is 0.0329. The molecule has 2 amide bonds. The van der Waals surface area contributed by atoms with Crippen LogP contribution in [0.15, 0.2) is 95.6 Å². The molecule has 2 aromatic heterocycles. The summed E-state index contributed by atoms with van der Waals surface area (Å²) in [5, 5.41) is 18.0. The molecule has 12 nitrogen and oxygen atoms in total. The standard InChI is InChI=1S/C47H42Cl2N4O8/c1-25-26(2)50-16-15-36(25)31-8-5-29(6-9-31)18-39(47(56)57)51-45(54)40-19-33-20-41-42(21-34(33)22-53(40)46(55)44-27(3)52-61-28(44)4)60-43(24-59-41)32-10-12-35(13-11-32)58-23-30-7-14-37(48)38(49)17-30/h5-17,20-21,39-40,43H,18-19,22-24H2,1-4H3,(H,51,54)(H,56,57). The number of nitrogens with one attached hydrogen (secondary N) is 1. The molecule has 0 radical (unpaired) electrons. The van der Waals surface area contributed by atoms with Gasteiger partial charge in [0.2, 0.25) is 5.91 Å². The molecular formula is C47H42Cl2N4O8. The van der Waals surface area contributed by atoms with E-state index in [1.807, 2.05) is 86.6 Å². The number of aromatic nitrogens is 2. The number of hydrogen-bond donors (Lipinski definition) is 2. The van der Waals surface area contributed by atoms with Gasteiger partial charge in [0.05, 0.1) is 15.7 Å². The van der Waals surface area contributed by atoms with Gasteiger partial charge in [-0.3, -0.25) is 14.6 Å². The molecule has 0 spiro atoms. The normalized spacial score (nSPS) is 16.1. The molecule has 4 heterocycles. The van der Waals surface area contributed by atoms with Crippen molar-refractivity contribution in [3.8, 4) is 28.4 Å². The fourth-order valence-electron chi connectivity index (χ4n) is 7.75. The van der Waals surface area contributed by atoms with Crippen LogP contribution in [0.1, 0.15) is 67.0 Å². The number of carbonyl (C=O) groups excluding carboxylic acids is 2. The number of carboxylic acids is 1. The third kappa shape index (κ3) is 8.78. The van der Waals surface area contributed by atoms with Gasteiger partial charge in [-0.15, -0.1) is 0 Å². The molecular weight excluding hydrogens is 819 g/mol. The average Bonchev–Trinajstić information content (AvgIpc) is 3.60. The van der Waals surface area contributed by atoms with Gasteiger partial charge >= 0.3 is 5.97 Å². The highest BCUT2D eigenvalue weighted by Gasteiger charge is 2.39. The zero-order valence-electron chi connectivity index (χ0n) is 33.8. The van der Waals surface area contributed by atoms with Crippen molar-refractivity contribution in [2.24, 2.45) is 0 Å². The summed E-state index contributed by atoms with van der Waals surface area (Å²) < 4.78 is 24.0. The first kappa shape index (κ1) is 41.4. The average molecular weight is 862 g/mol. The molecule has 3 atom stereocenters. The van der Waals surface area contributed by atoms with Crippen LogP contribution in [0.3, 0.4) is 0 Å². The van der Waals surface area contributed by atoms with Crippen LogP contribution >= 0.6 is 23.2 Å². The topological polar surface area (TPSA) is 153 Å². The number of fused-ring (bicyclic) bond motifs is 2. The Hall–Kier alpha value is -6.37. The zero-order valence-corrected chi connectivity index (χ0v) is 35.3. The van der Waals surface area contributed by atoms with E-state index < -0.39 is 36.0 Å².